The van der Waals surface area contributed by atoms with E-state index in [2.05, 4.69) is 10.3 Å². The van der Waals surface area contributed by atoms with Crippen LogP contribution in [-0.4, -0.2) is 35.4 Å². The molecule has 0 saturated heterocycles. The van der Waals surface area contributed by atoms with Crippen molar-refractivity contribution in [3.05, 3.63) is 89.9 Å². The molecule has 0 unspecified atom stereocenters. The number of hydrogen-bond donors (Lipinski definition) is 1. The van der Waals surface area contributed by atoms with Crippen molar-refractivity contribution in [1.29, 1.82) is 0 Å². The number of nitrogens with zero attached hydrogens (tertiary/aromatic N) is 2. The first-order chi connectivity index (χ1) is 15.6. The average Bonchev–Trinajstić information content (AvgIpc) is 3.05. The van der Waals surface area contributed by atoms with Crippen molar-refractivity contribution in [1.82, 2.24) is 9.88 Å². The van der Waals surface area contributed by atoms with Crippen LogP contribution in [0.15, 0.2) is 78.8 Å². The quantitative estimate of drug-likeness (QED) is 0.548. The van der Waals surface area contributed by atoms with Gasteiger partial charge in [0, 0.05) is 18.1 Å². The van der Waals surface area contributed by atoms with Crippen LogP contribution in [0.2, 0.25) is 0 Å². The first-order valence-corrected chi connectivity index (χ1v) is 10.2. The number of aromatic nitrogens is 1. The number of nitrogens with one attached hydrogen (secondary N) is 1. The van der Waals surface area contributed by atoms with Crippen molar-refractivity contribution in [2.75, 3.05) is 19.0 Å². The van der Waals surface area contributed by atoms with Crippen LogP contribution >= 0.6 is 0 Å². The fourth-order valence-electron chi connectivity index (χ4n) is 3.48. The van der Waals surface area contributed by atoms with Gasteiger partial charge in [-0.1, -0.05) is 12.1 Å². The maximum atomic E-state index is 13.4. The number of pyridine rings is 1. The van der Waals surface area contributed by atoms with Gasteiger partial charge in [0.1, 0.15) is 17.2 Å². The SMILES string of the molecule is CCOc1ccc(C2=C(Nc3ccc(OC)cc3)C(=O)N(Cc3ccncc3)C2=O)cc1. The Kier molecular flexibility index (Phi) is 6.17. The van der Waals surface area contributed by atoms with E-state index in [4.69, 9.17) is 9.47 Å². The highest BCUT2D eigenvalue weighted by atomic mass is 16.5. The zero-order valence-electron chi connectivity index (χ0n) is 17.9. The van der Waals surface area contributed by atoms with Gasteiger partial charge >= 0.3 is 0 Å². The van der Waals surface area contributed by atoms with E-state index in [1.54, 1.807) is 80.2 Å². The second-order valence-corrected chi connectivity index (χ2v) is 7.11. The molecule has 1 aromatic heterocycles. The number of amides is 2. The molecule has 1 N–H and O–H groups in total. The third-order valence-corrected chi connectivity index (χ3v) is 5.07. The van der Waals surface area contributed by atoms with Crippen molar-refractivity contribution in [2.24, 2.45) is 0 Å². The molecule has 0 radical (unpaired) electrons. The van der Waals surface area contributed by atoms with Gasteiger partial charge in [0.05, 0.1) is 25.8 Å². The van der Waals surface area contributed by atoms with Crippen molar-refractivity contribution >= 4 is 23.1 Å². The standard InChI is InChI=1S/C25H23N3O4/c1-3-32-21-8-4-18(5-9-21)22-23(27-19-6-10-20(31-2)11-7-19)25(30)28(24(22)29)16-17-12-14-26-15-13-17/h4-15,27H,3,16H2,1-2H3. The molecule has 2 heterocycles. The van der Waals surface area contributed by atoms with Gasteiger partial charge in [-0.15, -0.1) is 0 Å². The van der Waals surface area contributed by atoms with Crippen molar-refractivity contribution in [3.63, 3.8) is 0 Å². The molecule has 7 heteroatoms. The number of imide groups is 1. The fraction of sp³-hybridized carbons (Fsp3) is 0.160. The minimum atomic E-state index is -0.383. The van der Waals surface area contributed by atoms with E-state index in [0.717, 1.165) is 5.56 Å². The first kappa shape index (κ1) is 21.1. The van der Waals surface area contributed by atoms with Gasteiger partial charge in [-0.25, -0.2) is 0 Å². The van der Waals surface area contributed by atoms with Crippen molar-refractivity contribution in [3.8, 4) is 11.5 Å². The number of benzene rings is 2. The fourth-order valence-corrected chi connectivity index (χ4v) is 3.48. The minimum absolute atomic E-state index is 0.161. The smallest absolute Gasteiger partial charge is 0.278 e. The number of carbonyl (C=O) groups excluding carboxylic acids is 2. The summed E-state index contributed by atoms with van der Waals surface area (Å²) in [6.45, 7) is 2.61. The van der Waals surface area contributed by atoms with E-state index in [9.17, 15) is 9.59 Å². The largest absolute Gasteiger partial charge is 0.497 e. The first-order valence-electron chi connectivity index (χ1n) is 10.2. The third-order valence-electron chi connectivity index (χ3n) is 5.07. The molecule has 1 aliphatic heterocycles. The molecule has 3 aromatic rings. The molecule has 0 spiro atoms. The van der Waals surface area contributed by atoms with Crippen LogP contribution in [0.25, 0.3) is 5.57 Å². The van der Waals surface area contributed by atoms with Crippen LogP contribution in [0.1, 0.15) is 18.1 Å². The summed E-state index contributed by atoms with van der Waals surface area (Å²) in [5.74, 6) is 0.662. The lowest BCUT2D eigenvalue weighted by Gasteiger charge is -2.15. The van der Waals surface area contributed by atoms with Gasteiger partial charge in [0.25, 0.3) is 11.8 Å². The lowest BCUT2D eigenvalue weighted by Crippen LogP contribution is -2.32. The van der Waals surface area contributed by atoms with E-state index in [1.165, 1.54) is 4.90 Å². The zero-order valence-corrected chi connectivity index (χ0v) is 17.9. The summed E-state index contributed by atoms with van der Waals surface area (Å²) < 4.78 is 10.7. The Morgan fingerprint density at radius 1 is 0.875 bits per heavy atom. The molecule has 2 aromatic carbocycles. The maximum absolute atomic E-state index is 13.4. The lowest BCUT2D eigenvalue weighted by molar-refractivity contribution is -0.137. The Morgan fingerprint density at radius 3 is 2.16 bits per heavy atom. The van der Waals surface area contributed by atoms with Gasteiger partial charge in [-0.2, -0.15) is 0 Å². The van der Waals surface area contributed by atoms with Crippen LogP contribution in [0.4, 0.5) is 5.69 Å². The number of hydrogen-bond acceptors (Lipinski definition) is 6. The average molecular weight is 429 g/mol. The van der Waals surface area contributed by atoms with Crippen molar-refractivity contribution < 1.29 is 19.1 Å². The molecule has 32 heavy (non-hydrogen) atoms. The Balaban J connectivity index is 1.70. The van der Waals surface area contributed by atoms with Crippen LogP contribution in [0, 0.1) is 0 Å². The van der Waals surface area contributed by atoms with Gasteiger partial charge in [0.15, 0.2) is 0 Å². The Labute approximate surface area is 186 Å². The topological polar surface area (TPSA) is 80.8 Å². The number of anilines is 1. The lowest BCUT2D eigenvalue weighted by atomic mass is 10.0. The summed E-state index contributed by atoms with van der Waals surface area (Å²) in [4.78, 5) is 31.9. The molecular formula is C25H23N3O4. The van der Waals surface area contributed by atoms with Crippen molar-refractivity contribution in [2.45, 2.75) is 13.5 Å². The summed E-state index contributed by atoms with van der Waals surface area (Å²) in [5.41, 5.74) is 2.69. The van der Waals surface area contributed by atoms with Gasteiger partial charge < -0.3 is 14.8 Å². The number of ether oxygens (including phenoxy) is 2. The second-order valence-electron chi connectivity index (χ2n) is 7.11. The maximum Gasteiger partial charge on any atom is 0.278 e. The molecule has 0 bridgehead atoms. The summed E-state index contributed by atoms with van der Waals surface area (Å²) in [6, 6.07) is 17.9. The highest BCUT2D eigenvalue weighted by molar-refractivity contribution is 6.36. The van der Waals surface area contributed by atoms with E-state index >= 15 is 0 Å². The monoisotopic (exact) mass is 429 g/mol. The minimum Gasteiger partial charge on any atom is -0.497 e. The number of rotatable bonds is 8. The summed E-state index contributed by atoms with van der Waals surface area (Å²) >= 11 is 0. The summed E-state index contributed by atoms with van der Waals surface area (Å²) in [7, 11) is 1.59. The molecular weight excluding hydrogens is 406 g/mol. The molecule has 0 atom stereocenters. The molecule has 0 saturated carbocycles. The van der Waals surface area contributed by atoms with E-state index in [0.29, 0.717) is 34.9 Å². The highest BCUT2D eigenvalue weighted by Crippen LogP contribution is 2.32. The van der Waals surface area contributed by atoms with E-state index < -0.39 is 0 Å². The summed E-state index contributed by atoms with van der Waals surface area (Å²) in [6.07, 6.45) is 3.27. The number of methoxy groups -OCH3 is 1. The Hall–Kier alpha value is -4.13. The molecule has 7 nitrogen and oxygen atoms in total. The molecule has 1 aliphatic rings. The predicted molar refractivity (Wildman–Crippen MR) is 121 cm³/mol. The zero-order chi connectivity index (χ0) is 22.5. The molecule has 2 amide bonds. The van der Waals surface area contributed by atoms with Crippen LogP contribution in [0.3, 0.4) is 0 Å². The number of carbonyl (C=O) groups is 2. The van der Waals surface area contributed by atoms with E-state index in [1.807, 2.05) is 6.92 Å². The van der Waals surface area contributed by atoms with Gasteiger partial charge in [0.2, 0.25) is 0 Å². The second kappa shape index (κ2) is 9.34. The van der Waals surface area contributed by atoms with Crippen LogP contribution in [-0.2, 0) is 16.1 Å². The Morgan fingerprint density at radius 2 is 1.53 bits per heavy atom. The highest BCUT2D eigenvalue weighted by Gasteiger charge is 2.39. The normalized spacial score (nSPS) is 13.5. The molecule has 4 rings (SSSR count). The summed E-state index contributed by atoms with van der Waals surface area (Å²) in [5, 5.41) is 3.14. The van der Waals surface area contributed by atoms with Crippen LogP contribution in [0.5, 0.6) is 11.5 Å². The predicted octanol–water partition coefficient (Wildman–Crippen LogP) is 3.88. The Bertz CT molecular complexity index is 1140. The van der Waals surface area contributed by atoms with Gasteiger partial charge in [-0.05, 0) is 66.6 Å². The molecule has 0 aliphatic carbocycles. The van der Waals surface area contributed by atoms with E-state index in [-0.39, 0.29) is 24.1 Å². The molecule has 0 fully saturated rings. The van der Waals surface area contributed by atoms with Gasteiger partial charge in [-0.3, -0.25) is 19.5 Å². The molecule has 162 valence electrons. The third kappa shape index (κ3) is 4.32. The van der Waals surface area contributed by atoms with Crippen LogP contribution < -0.4 is 14.8 Å².